The van der Waals surface area contributed by atoms with Gasteiger partial charge in [-0.1, -0.05) is 15.9 Å². The summed E-state index contributed by atoms with van der Waals surface area (Å²) in [7, 11) is 0. The van der Waals surface area contributed by atoms with Crippen LogP contribution in [0.5, 0.6) is 11.5 Å². The van der Waals surface area contributed by atoms with Crippen molar-refractivity contribution in [3.63, 3.8) is 0 Å². The van der Waals surface area contributed by atoms with E-state index in [1.54, 1.807) is 12.1 Å². The van der Waals surface area contributed by atoms with Crippen LogP contribution >= 0.6 is 15.9 Å². The highest BCUT2D eigenvalue weighted by Gasteiger charge is 2.11. The molecule has 0 bridgehead atoms. The van der Waals surface area contributed by atoms with Gasteiger partial charge in [0.2, 0.25) is 0 Å². The fraction of sp³-hybridized carbons (Fsp3) is 0.143. The van der Waals surface area contributed by atoms with E-state index in [0.29, 0.717) is 5.75 Å². The molecule has 19 heavy (non-hydrogen) atoms. The SMILES string of the molecule is CC(N)c1cc(Br)ccc1Oc1ccc(F)c(F)c1. The van der Waals surface area contributed by atoms with Gasteiger partial charge in [0.15, 0.2) is 11.6 Å². The van der Waals surface area contributed by atoms with Crippen molar-refractivity contribution in [2.75, 3.05) is 0 Å². The van der Waals surface area contributed by atoms with E-state index < -0.39 is 11.6 Å². The lowest BCUT2D eigenvalue weighted by molar-refractivity contribution is 0.454. The second-order valence-electron chi connectivity index (χ2n) is 4.15. The molecular formula is C14H12BrF2NO. The molecule has 100 valence electrons. The normalized spacial score (nSPS) is 12.3. The summed E-state index contributed by atoms with van der Waals surface area (Å²) in [5.74, 6) is -1.11. The van der Waals surface area contributed by atoms with Gasteiger partial charge in [-0.05, 0) is 37.3 Å². The van der Waals surface area contributed by atoms with E-state index in [1.807, 2.05) is 13.0 Å². The Hall–Kier alpha value is -1.46. The standard InChI is InChI=1S/C14H12BrF2NO/c1-8(18)11-6-9(15)2-5-14(11)19-10-3-4-12(16)13(17)7-10/h2-8H,18H2,1H3. The maximum Gasteiger partial charge on any atom is 0.162 e. The molecule has 0 aromatic heterocycles. The van der Waals surface area contributed by atoms with Gasteiger partial charge in [0.05, 0.1) is 0 Å². The largest absolute Gasteiger partial charge is 0.457 e. The van der Waals surface area contributed by atoms with Crippen molar-refractivity contribution in [1.29, 1.82) is 0 Å². The number of halogens is 3. The highest BCUT2D eigenvalue weighted by Crippen LogP contribution is 2.31. The minimum Gasteiger partial charge on any atom is -0.457 e. The van der Waals surface area contributed by atoms with Gasteiger partial charge in [-0.25, -0.2) is 8.78 Å². The Labute approximate surface area is 118 Å². The lowest BCUT2D eigenvalue weighted by Crippen LogP contribution is -2.06. The molecule has 0 fully saturated rings. The predicted octanol–water partition coefficient (Wildman–Crippen LogP) is 4.54. The lowest BCUT2D eigenvalue weighted by atomic mass is 10.1. The van der Waals surface area contributed by atoms with Crippen molar-refractivity contribution >= 4 is 15.9 Å². The van der Waals surface area contributed by atoms with Crippen LogP contribution in [0.3, 0.4) is 0 Å². The molecule has 2 rings (SSSR count). The number of hydrogen-bond acceptors (Lipinski definition) is 2. The topological polar surface area (TPSA) is 35.2 Å². The zero-order valence-electron chi connectivity index (χ0n) is 10.2. The third-order valence-corrected chi connectivity index (χ3v) is 3.07. The van der Waals surface area contributed by atoms with Crippen molar-refractivity contribution in [2.24, 2.45) is 5.73 Å². The van der Waals surface area contributed by atoms with Gasteiger partial charge in [0.1, 0.15) is 11.5 Å². The van der Waals surface area contributed by atoms with Crippen molar-refractivity contribution in [3.05, 3.63) is 58.1 Å². The van der Waals surface area contributed by atoms with E-state index in [4.69, 9.17) is 10.5 Å². The van der Waals surface area contributed by atoms with Gasteiger partial charge in [0.25, 0.3) is 0 Å². The molecule has 2 N–H and O–H groups in total. The van der Waals surface area contributed by atoms with Crippen LogP contribution in [0.25, 0.3) is 0 Å². The Morgan fingerprint density at radius 1 is 1.11 bits per heavy atom. The van der Waals surface area contributed by atoms with Gasteiger partial charge in [-0.2, -0.15) is 0 Å². The average Bonchev–Trinajstić information content (AvgIpc) is 2.36. The number of rotatable bonds is 3. The molecule has 2 aromatic rings. The summed E-state index contributed by atoms with van der Waals surface area (Å²) in [6.45, 7) is 1.82. The summed E-state index contributed by atoms with van der Waals surface area (Å²) < 4.78 is 32.4. The number of benzene rings is 2. The second kappa shape index (κ2) is 5.67. The lowest BCUT2D eigenvalue weighted by Gasteiger charge is -2.14. The summed E-state index contributed by atoms with van der Waals surface area (Å²) in [6.07, 6.45) is 0. The van der Waals surface area contributed by atoms with Crippen LogP contribution in [-0.4, -0.2) is 0 Å². The summed E-state index contributed by atoms with van der Waals surface area (Å²) in [5.41, 5.74) is 6.63. The average molecular weight is 328 g/mol. The minimum absolute atomic E-state index is 0.225. The van der Waals surface area contributed by atoms with Crippen molar-refractivity contribution in [1.82, 2.24) is 0 Å². The molecular weight excluding hydrogens is 316 g/mol. The molecule has 1 atom stereocenters. The molecule has 5 heteroatoms. The molecule has 0 heterocycles. The number of ether oxygens (including phenoxy) is 1. The summed E-state index contributed by atoms with van der Waals surface area (Å²) >= 11 is 3.35. The Balaban J connectivity index is 2.35. The second-order valence-corrected chi connectivity index (χ2v) is 5.06. The highest BCUT2D eigenvalue weighted by atomic mass is 79.9. The first-order valence-corrected chi connectivity index (χ1v) is 6.44. The quantitative estimate of drug-likeness (QED) is 0.898. The van der Waals surface area contributed by atoms with Gasteiger partial charge < -0.3 is 10.5 Å². The zero-order valence-corrected chi connectivity index (χ0v) is 11.7. The molecule has 0 radical (unpaired) electrons. The van der Waals surface area contributed by atoms with Crippen LogP contribution in [0, 0.1) is 11.6 Å². The van der Waals surface area contributed by atoms with E-state index in [9.17, 15) is 8.78 Å². The summed E-state index contributed by atoms with van der Waals surface area (Å²) in [5, 5.41) is 0. The third-order valence-electron chi connectivity index (χ3n) is 2.58. The van der Waals surface area contributed by atoms with Crippen molar-refractivity contribution in [3.8, 4) is 11.5 Å². The molecule has 0 saturated heterocycles. The first-order valence-electron chi connectivity index (χ1n) is 5.65. The molecule has 0 aliphatic heterocycles. The molecule has 2 aromatic carbocycles. The van der Waals surface area contributed by atoms with Gasteiger partial charge in [0, 0.05) is 22.1 Å². The Bertz CT molecular complexity index is 602. The van der Waals surface area contributed by atoms with E-state index in [2.05, 4.69) is 15.9 Å². The van der Waals surface area contributed by atoms with Crippen LogP contribution in [0.15, 0.2) is 40.9 Å². The molecule has 0 saturated carbocycles. The maximum absolute atomic E-state index is 13.1. The molecule has 0 aliphatic carbocycles. The van der Waals surface area contributed by atoms with E-state index in [0.717, 1.165) is 22.2 Å². The molecule has 0 aliphatic rings. The highest BCUT2D eigenvalue weighted by molar-refractivity contribution is 9.10. The van der Waals surface area contributed by atoms with Crippen molar-refractivity contribution in [2.45, 2.75) is 13.0 Å². The molecule has 0 spiro atoms. The van der Waals surface area contributed by atoms with Crippen LogP contribution < -0.4 is 10.5 Å². The first kappa shape index (κ1) is 14.0. The van der Waals surface area contributed by atoms with Gasteiger partial charge in [-0.3, -0.25) is 0 Å². The third kappa shape index (κ3) is 3.30. The summed E-state index contributed by atoms with van der Waals surface area (Å²) in [6, 6.07) is 8.51. The monoisotopic (exact) mass is 327 g/mol. The van der Waals surface area contributed by atoms with Crippen LogP contribution in [0.1, 0.15) is 18.5 Å². The maximum atomic E-state index is 13.1. The van der Waals surface area contributed by atoms with E-state index in [-0.39, 0.29) is 11.8 Å². The fourth-order valence-electron chi connectivity index (χ4n) is 1.64. The van der Waals surface area contributed by atoms with Crippen LogP contribution in [-0.2, 0) is 0 Å². The van der Waals surface area contributed by atoms with Crippen LogP contribution in [0.4, 0.5) is 8.78 Å². The minimum atomic E-state index is -0.947. The Morgan fingerprint density at radius 3 is 2.47 bits per heavy atom. The fourth-order valence-corrected chi connectivity index (χ4v) is 2.01. The predicted molar refractivity (Wildman–Crippen MR) is 73.2 cm³/mol. The number of nitrogens with two attached hydrogens (primary N) is 1. The first-order chi connectivity index (χ1) is 8.97. The zero-order chi connectivity index (χ0) is 14.0. The van der Waals surface area contributed by atoms with E-state index in [1.165, 1.54) is 6.07 Å². The van der Waals surface area contributed by atoms with Crippen molar-refractivity contribution < 1.29 is 13.5 Å². The molecule has 0 amide bonds. The molecule has 2 nitrogen and oxygen atoms in total. The molecule has 1 unspecified atom stereocenters. The van der Waals surface area contributed by atoms with Gasteiger partial charge in [-0.15, -0.1) is 0 Å². The van der Waals surface area contributed by atoms with E-state index >= 15 is 0 Å². The summed E-state index contributed by atoms with van der Waals surface area (Å²) in [4.78, 5) is 0. The van der Waals surface area contributed by atoms with Gasteiger partial charge >= 0.3 is 0 Å². The Morgan fingerprint density at radius 2 is 1.84 bits per heavy atom. The number of hydrogen-bond donors (Lipinski definition) is 1. The smallest absolute Gasteiger partial charge is 0.162 e. The van der Waals surface area contributed by atoms with Crippen LogP contribution in [0.2, 0.25) is 0 Å². The Kier molecular flexibility index (Phi) is 4.17.